The van der Waals surface area contributed by atoms with Gasteiger partial charge in [0.2, 0.25) is 0 Å². The van der Waals surface area contributed by atoms with Crippen molar-refractivity contribution < 1.29 is 80.9 Å². The fourth-order valence-corrected chi connectivity index (χ4v) is 14.1. The molecular formula is C85H128O17. The molecule has 2 aliphatic heterocycles. The molecule has 17 heteroatoms. The summed E-state index contributed by atoms with van der Waals surface area (Å²) in [6, 6.07) is 15.3. The molecule has 12 atom stereocenters. The summed E-state index contributed by atoms with van der Waals surface area (Å²) in [4.78, 5) is 0. The second kappa shape index (κ2) is 49.8. The second-order valence-corrected chi connectivity index (χ2v) is 27.7. The number of benzene rings is 2. The zero-order valence-electron chi connectivity index (χ0n) is 63.0. The van der Waals surface area contributed by atoms with Gasteiger partial charge in [0.1, 0.15) is 72.2 Å². The first-order valence-corrected chi connectivity index (χ1v) is 36.2. The molecule has 0 spiro atoms. The maximum atomic E-state index is 8.91. The van der Waals surface area contributed by atoms with Crippen molar-refractivity contribution >= 4 is 0 Å². The van der Waals surface area contributed by atoms with E-state index in [-0.39, 0.29) is 48.1 Å². The Kier molecular flexibility index (Phi) is 43.2. The Morgan fingerprint density at radius 2 is 0.814 bits per heavy atom. The van der Waals surface area contributed by atoms with Gasteiger partial charge in [-0.25, -0.2) is 0 Å². The molecule has 2 saturated heterocycles. The molecule has 0 radical (unpaired) electrons. The van der Waals surface area contributed by atoms with E-state index in [0.717, 1.165) is 113 Å². The van der Waals surface area contributed by atoms with Crippen LogP contribution < -0.4 is 14.2 Å². The predicted octanol–water partition coefficient (Wildman–Crippen LogP) is 19.9. The average Bonchev–Trinajstić information content (AvgIpc) is 1.56. The quantitative estimate of drug-likeness (QED) is 0.0763. The first-order valence-electron chi connectivity index (χ1n) is 36.2. The van der Waals surface area contributed by atoms with E-state index in [1.54, 1.807) is 37.6 Å². The van der Waals surface area contributed by atoms with E-state index < -0.39 is 0 Å². The highest BCUT2D eigenvalue weighted by atomic mass is 16.6. The summed E-state index contributed by atoms with van der Waals surface area (Å²) in [5, 5.41) is 8.91. The van der Waals surface area contributed by atoms with Gasteiger partial charge in [0.05, 0.1) is 120 Å². The third-order valence-electron chi connectivity index (χ3n) is 20.3. The number of rotatable bonds is 29. The Balaban J connectivity index is 0.000000303. The molecule has 17 nitrogen and oxygen atoms in total. The molecule has 10 rings (SSSR count). The molecule has 570 valence electrons. The minimum atomic E-state index is -0.0593. The number of aliphatic hydroxyl groups excluding tert-OH is 1. The normalized spacial score (nSPS) is 28.6. The molecule has 0 amide bonds. The molecule has 6 aliphatic carbocycles. The SMILES string of the molecule is C=COC1CC2CCC1(C)C2(C)C.C=COC1CCC(OC=C)C(OC)C1.C=COC1CCC(OC=C)CC1.C=COC1CCCC(OC=C)C1.C=COC1COC2C(OC=C)COC12.C=COCC1CCC(CO)CC1.C=COc1ccc(C(C)(C)C)cc1.C=COc1ccc(OC=C)cc1. The number of methoxy groups -OCH3 is 1. The lowest BCUT2D eigenvalue weighted by atomic mass is 9.70. The van der Waals surface area contributed by atoms with E-state index in [4.69, 9.17) is 80.9 Å². The van der Waals surface area contributed by atoms with Crippen molar-refractivity contribution in [3.63, 3.8) is 0 Å². The van der Waals surface area contributed by atoms with Crippen LogP contribution in [-0.2, 0) is 67.0 Å². The van der Waals surface area contributed by atoms with Crippen LogP contribution >= 0.6 is 0 Å². The number of hydrogen-bond acceptors (Lipinski definition) is 17. The van der Waals surface area contributed by atoms with Gasteiger partial charge >= 0.3 is 0 Å². The summed E-state index contributed by atoms with van der Waals surface area (Å²) in [5.41, 5.74) is 2.35. The average molecular weight is 1420 g/mol. The largest absolute Gasteiger partial charge is 0.502 e. The lowest BCUT2D eigenvalue weighted by Gasteiger charge is -2.38. The van der Waals surface area contributed by atoms with Crippen LogP contribution in [0.2, 0.25) is 0 Å². The summed E-state index contributed by atoms with van der Waals surface area (Å²) < 4.78 is 84.8. The van der Waals surface area contributed by atoms with Crippen molar-refractivity contribution in [3.05, 3.63) is 221 Å². The summed E-state index contributed by atoms with van der Waals surface area (Å²) in [7, 11) is 1.69. The molecule has 12 unspecified atom stereocenters. The highest BCUT2D eigenvalue weighted by Gasteiger charge is 2.62. The molecule has 6 saturated carbocycles. The Morgan fingerprint density at radius 1 is 0.422 bits per heavy atom. The first kappa shape index (κ1) is 88.5. The van der Waals surface area contributed by atoms with E-state index in [0.29, 0.717) is 73.0 Å². The van der Waals surface area contributed by atoms with Crippen molar-refractivity contribution in [1.29, 1.82) is 0 Å². The Bertz CT molecular complexity index is 2610. The fraction of sp³-hybridized carbons (Fsp3) is 0.553. The number of aliphatic hydroxyl groups is 1. The maximum absolute atomic E-state index is 8.91. The third-order valence-corrected chi connectivity index (χ3v) is 20.3. The Labute approximate surface area is 614 Å². The molecule has 2 bridgehead atoms. The van der Waals surface area contributed by atoms with Crippen LogP contribution in [0.1, 0.15) is 163 Å². The van der Waals surface area contributed by atoms with Crippen LogP contribution in [0.5, 0.6) is 17.2 Å². The molecule has 8 aliphatic rings. The topological polar surface area (TPSA) is 168 Å². The first-order chi connectivity index (χ1) is 49.2. The third kappa shape index (κ3) is 30.7. The summed E-state index contributed by atoms with van der Waals surface area (Å²) in [6.45, 7) is 61.8. The lowest BCUT2D eigenvalue weighted by molar-refractivity contribution is -0.0769. The van der Waals surface area contributed by atoms with Crippen molar-refractivity contribution in [2.75, 3.05) is 33.5 Å². The van der Waals surface area contributed by atoms with E-state index in [9.17, 15) is 0 Å². The predicted molar refractivity (Wildman–Crippen MR) is 409 cm³/mol. The smallest absolute Gasteiger partial charge is 0.150 e. The Morgan fingerprint density at radius 3 is 1.18 bits per heavy atom. The summed E-state index contributed by atoms with van der Waals surface area (Å²) in [6.07, 6.45) is 41.1. The van der Waals surface area contributed by atoms with Crippen LogP contribution in [0.4, 0.5) is 0 Å². The van der Waals surface area contributed by atoms with Gasteiger partial charge in [-0.05, 0) is 173 Å². The minimum absolute atomic E-state index is 0.0436. The van der Waals surface area contributed by atoms with Gasteiger partial charge in [-0.2, -0.15) is 0 Å². The lowest BCUT2D eigenvalue weighted by Crippen LogP contribution is -2.38. The molecule has 102 heavy (non-hydrogen) atoms. The molecule has 1 N–H and O–H groups in total. The Hall–Kier alpha value is -7.70. The maximum Gasteiger partial charge on any atom is 0.150 e. The van der Waals surface area contributed by atoms with Crippen LogP contribution in [0.25, 0.3) is 0 Å². The van der Waals surface area contributed by atoms with Crippen molar-refractivity contribution in [2.24, 2.45) is 28.6 Å². The standard InChI is InChI=1S/C12H20O.C12H16O.C11H18O3.C10H14O4.C10H16O2.C10H10O2.C10H16O2.C10H18O2/c1-5-13-10-8-9-6-7-12(10,4)11(9,2)3;1-5-13-11-8-6-10(7-9-11)12(2,3)4;1-4-13-9-6-7-10(14-5-2)11(8-9)12-3;1-3-11-7-5-13-10-8(12-4-2)6-14-9(7)10;2*1-3-11-9-5-7-10(8-6-9)12-4-2;1-3-11-9-6-5-7-10(8-9)12-4-2;1-2-12-8-10-5-3-9(7-11)4-6-10/h5,9-10H,1,6-8H2,2-4H3;5-9H,1H2,2-4H3;4-5,9-11H,1-2,6-8H2,3H3;3-4,7-10H,1-2,5-6H2;3-4,9-10H,1-2,5-8H2;3-8H,1-2H2;3-4,9-10H,1-2,5-8H2;2,9-11H,1,3-8H2. The van der Waals surface area contributed by atoms with Gasteiger partial charge in [0.25, 0.3) is 0 Å². The van der Waals surface area contributed by atoms with Gasteiger partial charge in [-0.3, -0.25) is 0 Å². The minimum Gasteiger partial charge on any atom is -0.502 e. The van der Waals surface area contributed by atoms with Crippen molar-refractivity contribution in [1.82, 2.24) is 0 Å². The summed E-state index contributed by atoms with van der Waals surface area (Å²) >= 11 is 0. The molecule has 2 aromatic rings. The van der Waals surface area contributed by atoms with Gasteiger partial charge in [0.15, 0.2) is 0 Å². The molecule has 0 aromatic heterocycles. The van der Waals surface area contributed by atoms with E-state index in [1.165, 1.54) is 113 Å². The highest BCUT2D eigenvalue weighted by molar-refractivity contribution is 5.32. The van der Waals surface area contributed by atoms with Gasteiger partial charge < -0.3 is 80.9 Å². The van der Waals surface area contributed by atoms with Crippen molar-refractivity contribution in [3.8, 4) is 17.2 Å². The van der Waals surface area contributed by atoms with E-state index in [2.05, 4.69) is 139 Å². The van der Waals surface area contributed by atoms with E-state index in [1.807, 2.05) is 12.1 Å². The molecule has 8 fully saturated rings. The van der Waals surface area contributed by atoms with Crippen LogP contribution in [0.15, 0.2) is 215 Å². The molecule has 2 aromatic carbocycles. The van der Waals surface area contributed by atoms with E-state index >= 15 is 0 Å². The fourth-order valence-electron chi connectivity index (χ4n) is 14.1. The molecule has 2 heterocycles. The highest BCUT2D eigenvalue weighted by Crippen LogP contribution is 2.66. The monoisotopic (exact) mass is 1420 g/mol. The van der Waals surface area contributed by atoms with Crippen LogP contribution in [-0.4, -0.2) is 112 Å². The van der Waals surface area contributed by atoms with Gasteiger partial charge in [0, 0.05) is 32.0 Å². The van der Waals surface area contributed by atoms with Crippen LogP contribution in [0, 0.1) is 28.6 Å². The van der Waals surface area contributed by atoms with Crippen molar-refractivity contribution in [2.45, 2.75) is 236 Å². The second-order valence-electron chi connectivity index (χ2n) is 27.7. The number of hydrogen-bond donors (Lipinski definition) is 1. The number of fused-ring (bicyclic) bond motifs is 3. The molecular weight excluding hydrogens is 1290 g/mol. The van der Waals surface area contributed by atoms with Gasteiger partial charge in [-0.15, -0.1) is 0 Å². The number of ether oxygens (including phenoxy) is 16. The zero-order valence-corrected chi connectivity index (χ0v) is 63.0. The zero-order chi connectivity index (χ0) is 75.2. The summed E-state index contributed by atoms with van der Waals surface area (Å²) in [5.74, 6) is 4.41. The van der Waals surface area contributed by atoms with Gasteiger partial charge in [-0.1, -0.05) is 139 Å². The van der Waals surface area contributed by atoms with Crippen LogP contribution in [0.3, 0.4) is 0 Å².